The molecule has 114 valence electrons. The second-order valence-electron chi connectivity index (χ2n) is 4.47. The molecule has 0 heterocycles. The van der Waals surface area contributed by atoms with Crippen molar-refractivity contribution in [2.75, 3.05) is 5.32 Å². The first-order valence-electron chi connectivity index (χ1n) is 6.17. The van der Waals surface area contributed by atoms with Crippen molar-refractivity contribution in [3.63, 3.8) is 0 Å². The molecule has 2 rings (SSSR count). The zero-order valence-electron chi connectivity index (χ0n) is 11.1. The molecule has 0 aliphatic rings. The molecule has 0 spiro atoms. The summed E-state index contributed by atoms with van der Waals surface area (Å²) in [6.45, 7) is 0. The topological polar surface area (TPSA) is 86.6 Å². The number of halogens is 2. The van der Waals surface area contributed by atoms with Gasteiger partial charge in [0.05, 0.1) is 22.7 Å². The minimum Gasteiger partial charge on any atom is -0.506 e. The standard InChI is InChI=1S/C15H11ClFNO4/c16-9-2-1-3-10(17)14(9)15(22)18-11-6-8(7-13(20)21)4-5-12(11)19/h1-6,19H,7H2,(H,18,22)(H,20,21). The quantitative estimate of drug-likeness (QED) is 0.755. The Morgan fingerprint density at radius 2 is 1.95 bits per heavy atom. The predicted octanol–water partition coefficient (Wildman–Crippen LogP) is 3.06. The molecule has 22 heavy (non-hydrogen) atoms. The number of phenolic OH excluding ortho intramolecular Hbond substituents is 1. The van der Waals surface area contributed by atoms with Crippen molar-refractivity contribution in [1.82, 2.24) is 0 Å². The summed E-state index contributed by atoms with van der Waals surface area (Å²) in [5.41, 5.74) is -0.00416. The van der Waals surface area contributed by atoms with Crippen molar-refractivity contribution >= 4 is 29.2 Å². The lowest BCUT2D eigenvalue weighted by atomic mass is 10.1. The number of carboxylic acids is 1. The van der Waals surface area contributed by atoms with Gasteiger partial charge < -0.3 is 15.5 Å². The maximum Gasteiger partial charge on any atom is 0.307 e. The van der Waals surface area contributed by atoms with Crippen LogP contribution in [0, 0.1) is 5.82 Å². The van der Waals surface area contributed by atoms with E-state index in [4.69, 9.17) is 16.7 Å². The maximum atomic E-state index is 13.7. The van der Waals surface area contributed by atoms with Gasteiger partial charge in [-0.1, -0.05) is 23.7 Å². The number of aromatic hydroxyl groups is 1. The fourth-order valence-electron chi connectivity index (χ4n) is 1.87. The number of rotatable bonds is 4. The molecule has 0 aliphatic heterocycles. The van der Waals surface area contributed by atoms with Crippen LogP contribution >= 0.6 is 11.6 Å². The first-order chi connectivity index (χ1) is 10.4. The molecule has 3 N–H and O–H groups in total. The largest absolute Gasteiger partial charge is 0.506 e. The fourth-order valence-corrected chi connectivity index (χ4v) is 2.12. The molecule has 1 amide bonds. The van der Waals surface area contributed by atoms with Gasteiger partial charge in [-0.2, -0.15) is 0 Å². The Morgan fingerprint density at radius 1 is 1.23 bits per heavy atom. The van der Waals surface area contributed by atoms with E-state index in [-0.39, 0.29) is 28.4 Å². The first kappa shape index (κ1) is 15.8. The minimum absolute atomic E-state index is 0.0249. The van der Waals surface area contributed by atoms with Crippen LogP contribution in [0.5, 0.6) is 5.75 Å². The highest BCUT2D eigenvalue weighted by molar-refractivity contribution is 6.34. The molecule has 2 aromatic carbocycles. The molecule has 0 fully saturated rings. The molecule has 5 nitrogen and oxygen atoms in total. The second kappa shape index (κ2) is 6.44. The Morgan fingerprint density at radius 3 is 2.59 bits per heavy atom. The van der Waals surface area contributed by atoms with Gasteiger partial charge in [-0.15, -0.1) is 0 Å². The summed E-state index contributed by atoms with van der Waals surface area (Å²) in [4.78, 5) is 22.8. The molecule has 2 aromatic rings. The van der Waals surface area contributed by atoms with Crippen LogP contribution in [-0.4, -0.2) is 22.1 Å². The van der Waals surface area contributed by atoms with Gasteiger partial charge in [-0.05, 0) is 29.8 Å². The SMILES string of the molecule is O=C(O)Cc1ccc(O)c(NC(=O)c2c(F)cccc2Cl)c1. The third kappa shape index (κ3) is 3.53. The van der Waals surface area contributed by atoms with Gasteiger partial charge in [0.25, 0.3) is 5.91 Å². The Hall–Kier alpha value is -2.60. The van der Waals surface area contributed by atoms with Gasteiger partial charge in [0.15, 0.2) is 0 Å². The van der Waals surface area contributed by atoms with Crippen LogP contribution in [0.25, 0.3) is 0 Å². The lowest BCUT2D eigenvalue weighted by Gasteiger charge is -2.10. The van der Waals surface area contributed by atoms with E-state index < -0.39 is 17.7 Å². The molecule has 0 atom stereocenters. The summed E-state index contributed by atoms with van der Waals surface area (Å²) in [5.74, 6) is -2.97. The number of carbonyl (C=O) groups is 2. The number of hydrogen-bond donors (Lipinski definition) is 3. The van der Waals surface area contributed by atoms with Crippen LogP contribution in [0.2, 0.25) is 5.02 Å². The number of benzene rings is 2. The maximum absolute atomic E-state index is 13.7. The zero-order chi connectivity index (χ0) is 16.3. The normalized spacial score (nSPS) is 10.3. The highest BCUT2D eigenvalue weighted by atomic mass is 35.5. The predicted molar refractivity (Wildman–Crippen MR) is 78.8 cm³/mol. The average Bonchev–Trinajstić information content (AvgIpc) is 2.41. The van der Waals surface area contributed by atoms with Gasteiger partial charge in [-0.25, -0.2) is 4.39 Å². The smallest absolute Gasteiger partial charge is 0.307 e. The molecule has 0 radical (unpaired) electrons. The number of nitrogens with one attached hydrogen (secondary N) is 1. The van der Waals surface area contributed by atoms with Gasteiger partial charge in [0, 0.05) is 0 Å². The lowest BCUT2D eigenvalue weighted by Crippen LogP contribution is -2.15. The van der Waals surface area contributed by atoms with Crippen LogP contribution in [0.4, 0.5) is 10.1 Å². The first-order valence-corrected chi connectivity index (χ1v) is 6.55. The van der Waals surface area contributed by atoms with E-state index >= 15 is 0 Å². The summed E-state index contributed by atoms with van der Waals surface area (Å²) in [5, 5.41) is 20.7. The third-order valence-corrected chi connectivity index (χ3v) is 3.17. The summed E-state index contributed by atoms with van der Waals surface area (Å²) >= 11 is 5.79. The summed E-state index contributed by atoms with van der Waals surface area (Å²) < 4.78 is 13.7. The van der Waals surface area contributed by atoms with Gasteiger partial charge >= 0.3 is 5.97 Å². The number of phenols is 1. The Bertz CT molecular complexity index is 728. The van der Waals surface area contributed by atoms with E-state index in [1.54, 1.807) is 0 Å². The second-order valence-corrected chi connectivity index (χ2v) is 4.88. The number of aliphatic carboxylic acids is 1. The lowest BCUT2D eigenvalue weighted by molar-refractivity contribution is -0.136. The highest BCUT2D eigenvalue weighted by Gasteiger charge is 2.17. The minimum atomic E-state index is -1.06. The van der Waals surface area contributed by atoms with Gasteiger partial charge in [-0.3, -0.25) is 9.59 Å². The van der Waals surface area contributed by atoms with Crippen LogP contribution in [0.15, 0.2) is 36.4 Å². The fraction of sp³-hybridized carbons (Fsp3) is 0.0667. The van der Waals surface area contributed by atoms with Crippen molar-refractivity contribution in [1.29, 1.82) is 0 Å². The van der Waals surface area contributed by atoms with Crippen molar-refractivity contribution < 1.29 is 24.2 Å². The van der Waals surface area contributed by atoms with Crippen molar-refractivity contribution in [3.05, 3.63) is 58.4 Å². The van der Waals surface area contributed by atoms with Crippen LogP contribution < -0.4 is 5.32 Å². The van der Waals surface area contributed by atoms with Crippen LogP contribution in [0.1, 0.15) is 15.9 Å². The highest BCUT2D eigenvalue weighted by Crippen LogP contribution is 2.27. The van der Waals surface area contributed by atoms with Gasteiger partial charge in [0.2, 0.25) is 0 Å². The molecule has 0 saturated carbocycles. The van der Waals surface area contributed by atoms with Crippen molar-refractivity contribution in [3.8, 4) is 5.75 Å². The van der Waals surface area contributed by atoms with E-state index in [9.17, 15) is 19.1 Å². The number of carboxylic acid groups (broad SMARTS) is 1. The number of carbonyl (C=O) groups excluding carboxylic acids is 1. The molecule has 0 bridgehead atoms. The molecular weight excluding hydrogens is 313 g/mol. The molecule has 0 aromatic heterocycles. The number of anilines is 1. The van der Waals surface area contributed by atoms with Crippen molar-refractivity contribution in [2.45, 2.75) is 6.42 Å². The molecule has 0 unspecified atom stereocenters. The Labute approximate surface area is 130 Å². The van der Waals surface area contributed by atoms with E-state index in [0.29, 0.717) is 5.56 Å². The average molecular weight is 324 g/mol. The van der Waals surface area contributed by atoms with Crippen LogP contribution in [0.3, 0.4) is 0 Å². The molecular formula is C15H11ClFNO4. The Kier molecular flexibility index (Phi) is 4.62. The van der Waals surface area contributed by atoms with Gasteiger partial charge in [0.1, 0.15) is 11.6 Å². The van der Waals surface area contributed by atoms with E-state index in [0.717, 1.165) is 6.07 Å². The third-order valence-electron chi connectivity index (χ3n) is 2.85. The number of hydrogen-bond acceptors (Lipinski definition) is 3. The van der Waals surface area contributed by atoms with Crippen molar-refractivity contribution in [2.24, 2.45) is 0 Å². The zero-order valence-corrected chi connectivity index (χ0v) is 11.9. The molecule has 0 aliphatic carbocycles. The van der Waals surface area contributed by atoms with E-state index in [1.165, 1.54) is 30.3 Å². The van der Waals surface area contributed by atoms with E-state index in [1.807, 2.05) is 0 Å². The Balaban J connectivity index is 2.30. The summed E-state index contributed by atoms with van der Waals surface area (Å²) in [6.07, 6.45) is -0.274. The van der Waals surface area contributed by atoms with E-state index in [2.05, 4.69) is 5.32 Å². The molecule has 7 heteroatoms. The molecule has 0 saturated heterocycles. The number of amides is 1. The summed E-state index contributed by atoms with van der Waals surface area (Å²) in [6, 6.07) is 7.77. The van der Waals surface area contributed by atoms with Crippen LogP contribution in [-0.2, 0) is 11.2 Å². The monoisotopic (exact) mass is 323 g/mol. The summed E-state index contributed by atoms with van der Waals surface area (Å²) in [7, 11) is 0.